The molecule has 1 aromatic rings. The summed E-state index contributed by atoms with van der Waals surface area (Å²) in [6.07, 6.45) is 5.45. The van der Waals surface area contributed by atoms with Gasteiger partial charge in [0.25, 0.3) is 5.91 Å². The Morgan fingerprint density at radius 2 is 2.15 bits per heavy atom. The van der Waals surface area contributed by atoms with Crippen LogP contribution in [-0.2, 0) is 0 Å². The maximum Gasteiger partial charge on any atom is 0.261 e. The second-order valence-electron chi connectivity index (χ2n) is 4.98. The lowest BCUT2D eigenvalue weighted by atomic mass is 9.83. The maximum absolute atomic E-state index is 12.2. The normalized spacial score (nSPS) is 18.8. The van der Waals surface area contributed by atoms with E-state index in [4.69, 9.17) is 10.9 Å². The Balaban J connectivity index is 2.09. The largest absolute Gasteiger partial charge is 0.409 e. The molecule has 1 atom stereocenters. The number of carbonyl (C=O) groups is 1. The highest BCUT2D eigenvalue weighted by atomic mass is 79.9. The molecule has 1 fully saturated rings. The molecular weight excluding hydrogens is 342 g/mol. The van der Waals surface area contributed by atoms with Crippen molar-refractivity contribution in [2.45, 2.75) is 38.1 Å². The highest BCUT2D eigenvalue weighted by Crippen LogP contribution is 2.27. The molecule has 5 nitrogen and oxygen atoms in total. The SMILES string of the molecule is N/C(=N\O)C(NC(=O)c1ccc(Br)s1)C1CCCCC1. The molecule has 1 unspecified atom stereocenters. The number of rotatable bonds is 4. The third-order valence-corrected chi connectivity index (χ3v) is 5.26. The highest BCUT2D eigenvalue weighted by Gasteiger charge is 2.29. The molecule has 2 rings (SSSR count). The Morgan fingerprint density at radius 3 is 2.70 bits per heavy atom. The van der Waals surface area contributed by atoms with Crippen LogP contribution in [-0.4, -0.2) is 23.0 Å². The van der Waals surface area contributed by atoms with Crippen LogP contribution in [0.2, 0.25) is 0 Å². The van der Waals surface area contributed by atoms with Gasteiger partial charge in [-0.15, -0.1) is 11.3 Å². The predicted octanol–water partition coefficient (Wildman–Crippen LogP) is 2.94. The zero-order chi connectivity index (χ0) is 14.5. The highest BCUT2D eigenvalue weighted by molar-refractivity contribution is 9.11. The Hall–Kier alpha value is -1.08. The zero-order valence-electron chi connectivity index (χ0n) is 11.0. The molecule has 0 saturated heterocycles. The number of amidine groups is 1. The van der Waals surface area contributed by atoms with Crippen LogP contribution in [0.25, 0.3) is 0 Å². The fourth-order valence-corrected chi connectivity index (χ4v) is 3.90. The number of hydrogen-bond donors (Lipinski definition) is 3. The summed E-state index contributed by atoms with van der Waals surface area (Å²) < 4.78 is 0.903. The molecule has 1 aliphatic carbocycles. The Labute approximate surface area is 130 Å². The molecule has 0 bridgehead atoms. The van der Waals surface area contributed by atoms with Crippen LogP contribution in [0, 0.1) is 5.92 Å². The summed E-state index contributed by atoms with van der Waals surface area (Å²) in [7, 11) is 0. The van der Waals surface area contributed by atoms with Crippen molar-refractivity contribution >= 4 is 39.0 Å². The molecule has 4 N–H and O–H groups in total. The van der Waals surface area contributed by atoms with E-state index in [-0.39, 0.29) is 17.7 Å². The zero-order valence-corrected chi connectivity index (χ0v) is 13.4. The van der Waals surface area contributed by atoms with Crippen molar-refractivity contribution < 1.29 is 10.0 Å². The third kappa shape index (κ3) is 3.73. The van der Waals surface area contributed by atoms with E-state index in [1.165, 1.54) is 17.8 Å². The number of nitrogens with two attached hydrogens (primary N) is 1. The van der Waals surface area contributed by atoms with Crippen LogP contribution in [0.3, 0.4) is 0 Å². The predicted molar refractivity (Wildman–Crippen MR) is 83.3 cm³/mol. The van der Waals surface area contributed by atoms with E-state index >= 15 is 0 Å². The van der Waals surface area contributed by atoms with Crippen LogP contribution in [0.5, 0.6) is 0 Å². The Morgan fingerprint density at radius 1 is 1.45 bits per heavy atom. The van der Waals surface area contributed by atoms with E-state index in [0.717, 1.165) is 29.5 Å². The van der Waals surface area contributed by atoms with E-state index in [2.05, 4.69) is 26.4 Å². The topological polar surface area (TPSA) is 87.7 Å². The first-order chi connectivity index (χ1) is 9.61. The Bertz CT molecular complexity index is 498. The molecule has 0 radical (unpaired) electrons. The quantitative estimate of drug-likeness (QED) is 0.334. The number of carbonyl (C=O) groups excluding carboxylic acids is 1. The summed E-state index contributed by atoms with van der Waals surface area (Å²) in [4.78, 5) is 12.8. The molecular formula is C13H18BrN3O2S. The molecule has 110 valence electrons. The number of amides is 1. The monoisotopic (exact) mass is 359 g/mol. The van der Waals surface area contributed by atoms with Crippen molar-refractivity contribution in [2.75, 3.05) is 0 Å². The second kappa shape index (κ2) is 7.08. The second-order valence-corrected chi connectivity index (χ2v) is 7.44. The molecule has 1 heterocycles. The summed E-state index contributed by atoms with van der Waals surface area (Å²) in [6, 6.07) is 3.20. The van der Waals surface area contributed by atoms with Gasteiger partial charge >= 0.3 is 0 Å². The van der Waals surface area contributed by atoms with Crippen molar-refractivity contribution in [3.63, 3.8) is 0 Å². The van der Waals surface area contributed by atoms with Gasteiger partial charge in [0, 0.05) is 0 Å². The van der Waals surface area contributed by atoms with Crippen molar-refractivity contribution in [1.82, 2.24) is 5.32 Å². The van der Waals surface area contributed by atoms with Gasteiger partial charge in [0.05, 0.1) is 14.7 Å². The minimum Gasteiger partial charge on any atom is -0.409 e. The average molecular weight is 360 g/mol. The molecule has 1 aromatic heterocycles. The van der Waals surface area contributed by atoms with Gasteiger partial charge < -0.3 is 16.3 Å². The first-order valence-electron chi connectivity index (χ1n) is 6.65. The smallest absolute Gasteiger partial charge is 0.261 e. The summed E-state index contributed by atoms with van der Waals surface area (Å²) in [5.41, 5.74) is 5.76. The molecule has 1 amide bonds. The molecule has 1 aliphatic rings. The average Bonchev–Trinajstić information content (AvgIpc) is 2.91. The van der Waals surface area contributed by atoms with Gasteiger partial charge in [0.2, 0.25) is 0 Å². The van der Waals surface area contributed by atoms with Gasteiger partial charge in [0.15, 0.2) is 5.84 Å². The standard InChI is InChI=1S/C13H18BrN3O2S/c14-10-7-6-9(20-10)13(18)16-11(12(15)17-19)8-4-2-1-3-5-8/h6-8,11,19H,1-5H2,(H2,15,17)(H,16,18). The summed E-state index contributed by atoms with van der Waals surface area (Å²) >= 11 is 4.70. The number of nitrogens with one attached hydrogen (secondary N) is 1. The fourth-order valence-electron chi connectivity index (χ4n) is 2.61. The van der Waals surface area contributed by atoms with Crippen LogP contribution < -0.4 is 11.1 Å². The van der Waals surface area contributed by atoms with Gasteiger partial charge in [-0.3, -0.25) is 4.79 Å². The summed E-state index contributed by atoms with van der Waals surface area (Å²) in [5, 5.41) is 14.9. The van der Waals surface area contributed by atoms with Gasteiger partial charge in [-0.1, -0.05) is 24.4 Å². The van der Waals surface area contributed by atoms with Crippen LogP contribution in [0.4, 0.5) is 0 Å². The molecule has 20 heavy (non-hydrogen) atoms. The van der Waals surface area contributed by atoms with E-state index in [1.54, 1.807) is 6.07 Å². The molecule has 0 aliphatic heterocycles. The van der Waals surface area contributed by atoms with Gasteiger partial charge in [-0.2, -0.15) is 0 Å². The van der Waals surface area contributed by atoms with Crippen molar-refractivity contribution in [3.05, 3.63) is 20.8 Å². The third-order valence-electron chi connectivity index (χ3n) is 3.64. The molecule has 0 aromatic carbocycles. The lowest BCUT2D eigenvalue weighted by molar-refractivity contribution is 0.0934. The number of thiophene rings is 1. The summed E-state index contributed by atoms with van der Waals surface area (Å²) in [5.74, 6) is 0.149. The van der Waals surface area contributed by atoms with Crippen molar-refractivity contribution in [3.8, 4) is 0 Å². The first kappa shape index (κ1) is 15.3. The van der Waals surface area contributed by atoms with Crippen LogP contribution in [0.15, 0.2) is 21.1 Å². The number of hydrogen-bond acceptors (Lipinski definition) is 4. The van der Waals surface area contributed by atoms with E-state index in [1.807, 2.05) is 6.07 Å². The lowest BCUT2D eigenvalue weighted by Crippen LogP contribution is -2.49. The van der Waals surface area contributed by atoms with Crippen LogP contribution in [0.1, 0.15) is 41.8 Å². The van der Waals surface area contributed by atoms with Crippen LogP contribution >= 0.6 is 27.3 Å². The number of nitrogens with zero attached hydrogens (tertiary/aromatic N) is 1. The minimum atomic E-state index is -0.395. The van der Waals surface area contributed by atoms with E-state index in [0.29, 0.717) is 4.88 Å². The minimum absolute atomic E-state index is 0.0841. The van der Waals surface area contributed by atoms with Gasteiger partial charge in [0.1, 0.15) is 0 Å². The molecule has 7 heteroatoms. The maximum atomic E-state index is 12.2. The summed E-state index contributed by atoms with van der Waals surface area (Å²) in [6.45, 7) is 0. The van der Waals surface area contributed by atoms with Gasteiger partial charge in [-0.05, 0) is 46.8 Å². The van der Waals surface area contributed by atoms with E-state index in [9.17, 15) is 4.79 Å². The number of halogens is 1. The van der Waals surface area contributed by atoms with Crippen molar-refractivity contribution in [2.24, 2.45) is 16.8 Å². The number of oxime groups is 1. The first-order valence-corrected chi connectivity index (χ1v) is 8.26. The Kier molecular flexibility index (Phi) is 5.42. The molecule has 0 spiro atoms. The van der Waals surface area contributed by atoms with E-state index < -0.39 is 6.04 Å². The lowest BCUT2D eigenvalue weighted by Gasteiger charge is -2.29. The van der Waals surface area contributed by atoms with Crippen molar-refractivity contribution in [1.29, 1.82) is 0 Å². The fraction of sp³-hybridized carbons (Fsp3) is 0.538. The van der Waals surface area contributed by atoms with Gasteiger partial charge in [-0.25, -0.2) is 0 Å². The molecule has 1 saturated carbocycles.